The number of carbonyl (C=O) groups excluding carboxylic acids is 1. The maximum absolute atomic E-state index is 13.1. The minimum Gasteiger partial charge on any atom is -0.462 e. The number of hydrogen-bond donors (Lipinski definition) is 0. The summed E-state index contributed by atoms with van der Waals surface area (Å²) in [6.45, 7) is -0.0564. The highest BCUT2D eigenvalue weighted by Gasteiger charge is 2.83. The smallest absolute Gasteiger partial charge is 0.460 e. The summed E-state index contributed by atoms with van der Waals surface area (Å²) in [7, 11) is 0. The highest BCUT2D eigenvalue weighted by Crippen LogP contribution is 2.55. The van der Waals surface area contributed by atoms with Gasteiger partial charge in [0, 0.05) is 0 Å². The molecule has 0 heterocycles. The molecule has 0 atom stereocenters. The molecule has 0 aromatic carbocycles. The molecule has 0 aliphatic heterocycles. The summed E-state index contributed by atoms with van der Waals surface area (Å²) in [5.74, 6) is -24.5. The van der Waals surface area contributed by atoms with Gasteiger partial charge in [-0.1, -0.05) is 0 Å². The van der Waals surface area contributed by atoms with E-state index in [1.54, 1.807) is 0 Å². The molecule has 0 spiro atoms. The van der Waals surface area contributed by atoms with E-state index in [2.05, 4.69) is 4.74 Å². The largest absolute Gasteiger partial charge is 0.462 e. The lowest BCUT2D eigenvalue weighted by molar-refractivity contribution is -0.389. The Morgan fingerprint density at radius 2 is 1.27 bits per heavy atom. The Labute approximate surface area is 114 Å². The third kappa shape index (κ3) is 3.11. The van der Waals surface area contributed by atoms with Crippen LogP contribution in [-0.4, -0.2) is 36.5 Å². The lowest BCUT2D eigenvalue weighted by atomic mass is 9.97. The lowest BCUT2D eigenvalue weighted by Crippen LogP contribution is -2.62. The van der Waals surface area contributed by atoms with Gasteiger partial charge in [-0.2, -0.15) is 48.3 Å². The molecule has 0 fully saturated rings. The first-order chi connectivity index (χ1) is 9.55. The molecule has 0 saturated heterocycles. The van der Waals surface area contributed by atoms with Gasteiger partial charge in [0.25, 0.3) is 6.08 Å². The van der Waals surface area contributed by atoms with Gasteiger partial charge in [-0.05, 0) is 6.92 Å². The molecule has 0 aliphatic rings. The molecule has 0 aromatic heterocycles. The zero-order valence-electron chi connectivity index (χ0n) is 10.2. The zero-order valence-corrected chi connectivity index (χ0v) is 10.2. The van der Waals surface area contributed by atoms with Gasteiger partial charge in [0.2, 0.25) is 0 Å². The van der Waals surface area contributed by atoms with Crippen LogP contribution in [0.2, 0.25) is 0 Å². The van der Waals surface area contributed by atoms with Gasteiger partial charge in [0.15, 0.2) is 5.57 Å². The second-order valence-corrected chi connectivity index (χ2v) is 3.58. The van der Waals surface area contributed by atoms with Crippen molar-refractivity contribution in [1.29, 1.82) is 0 Å². The van der Waals surface area contributed by atoms with Gasteiger partial charge in [-0.25, -0.2) is 4.79 Å². The third-order valence-corrected chi connectivity index (χ3v) is 2.13. The fraction of sp³-hybridized carbons (Fsp3) is 0.667. The van der Waals surface area contributed by atoms with Crippen molar-refractivity contribution in [1.82, 2.24) is 0 Å². The van der Waals surface area contributed by atoms with Gasteiger partial charge in [-0.15, -0.1) is 0 Å². The van der Waals surface area contributed by atoms with Crippen molar-refractivity contribution in [3.8, 4) is 0 Å². The number of hydrogen-bond acceptors (Lipinski definition) is 2. The quantitative estimate of drug-likeness (QED) is 0.421. The van der Waals surface area contributed by atoms with Gasteiger partial charge < -0.3 is 4.74 Å². The van der Waals surface area contributed by atoms with Crippen LogP contribution < -0.4 is 0 Å². The van der Waals surface area contributed by atoms with E-state index in [4.69, 9.17) is 0 Å². The number of halogens is 11. The highest BCUT2D eigenvalue weighted by atomic mass is 19.4. The van der Waals surface area contributed by atoms with E-state index in [1.165, 1.54) is 0 Å². The van der Waals surface area contributed by atoms with Crippen LogP contribution in [0.1, 0.15) is 6.92 Å². The Kier molecular flexibility index (Phi) is 5.49. The Hall–Kier alpha value is -1.56. The van der Waals surface area contributed by atoms with Crippen LogP contribution in [0.3, 0.4) is 0 Å². The minimum absolute atomic E-state index is 0.853. The molecule has 0 rings (SSSR count). The second kappa shape index (κ2) is 5.91. The maximum atomic E-state index is 13.1. The Bertz CT molecular complexity index is 459. The average Bonchev–Trinajstić information content (AvgIpc) is 2.25. The molecule has 2 nitrogen and oxygen atoms in total. The molecule has 0 bridgehead atoms. The van der Waals surface area contributed by atoms with Crippen LogP contribution in [0, 0.1) is 0 Å². The van der Waals surface area contributed by atoms with Crippen molar-refractivity contribution < 1.29 is 57.8 Å². The molecule has 0 aliphatic carbocycles. The molecule has 0 saturated carbocycles. The molecule has 22 heavy (non-hydrogen) atoms. The first kappa shape index (κ1) is 20.4. The van der Waals surface area contributed by atoms with Crippen molar-refractivity contribution >= 4 is 5.97 Å². The molecule has 0 N–H and O–H groups in total. The van der Waals surface area contributed by atoms with Crippen molar-refractivity contribution in [3.63, 3.8) is 0 Å². The molecule has 0 amide bonds. The van der Waals surface area contributed by atoms with Gasteiger partial charge in [-0.3, -0.25) is 0 Å². The number of carbonyl (C=O) groups is 1. The van der Waals surface area contributed by atoms with Crippen LogP contribution in [0.4, 0.5) is 48.3 Å². The summed E-state index contributed by atoms with van der Waals surface area (Å²) in [6, 6.07) is 0. The molecule has 0 unspecified atom stereocenters. The van der Waals surface area contributed by atoms with E-state index in [9.17, 15) is 53.1 Å². The normalized spacial score (nSPS) is 13.8. The monoisotopic (exact) mass is 354 g/mol. The lowest BCUT2D eigenvalue weighted by Gasteiger charge is -2.33. The summed E-state index contributed by atoms with van der Waals surface area (Å²) in [5.41, 5.74) is -3.58. The highest BCUT2D eigenvalue weighted by molar-refractivity contribution is 5.90. The SMILES string of the molecule is CCOC(=O)C(=C(F)F)C(F)(F)C(F)(F)C(F)(F)C(F)(F)F. The summed E-state index contributed by atoms with van der Waals surface area (Å²) in [4.78, 5) is 10.8. The molecule has 130 valence electrons. The summed E-state index contributed by atoms with van der Waals surface area (Å²) >= 11 is 0. The van der Waals surface area contributed by atoms with Crippen LogP contribution >= 0.6 is 0 Å². The molecular formula is C9H5F11O2. The van der Waals surface area contributed by atoms with Crippen molar-refractivity contribution in [2.75, 3.05) is 6.61 Å². The summed E-state index contributed by atoms with van der Waals surface area (Å²) in [6.07, 6.45) is -11.1. The molecule has 13 heteroatoms. The fourth-order valence-corrected chi connectivity index (χ4v) is 1.06. The fourth-order valence-electron chi connectivity index (χ4n) is 1.06. The predicted octanol–water partition coefficient (Wildman–Crippen LogP) is 4.17. The van der Waals surface area contributed by atoms with Crippen LogP contribution in [0.5, 0.6) is 0 Å². The van der Waals surface area contributed by atoms with E-state index in [0.717, 1.165) is 6.92 Å². The van der Waals surface area contributed by atoms with Crippen LogP contribution in [0.15, 0.2) is 11.7 Å². The van der Waals surface area contributed by atoms with Crippen molar-refractivity contribution in [3.05, 3.63) is 11.7 Å². The molecule has 0 aromatic rings. The third-order valence-electron chi connectivity index (χ3n) is 2.13. The van der Waals surface area contributed by atoms with Gasteiger partial charge in [0.05, 0.1) is 6.61 Å². The zero-order chi connectivity index (χ0) is 18.1. The minimum atomic E-state index is -7.39. The van der Waals surface area contributed by atoms with Crippen molar-refractivity contribution in [2.45, 2.75) is 30.9 Å². The Morgan fingerprint density at radius 1 is 0.864 bits per heavy atom. The summed E-state index contributed by atoms with van der Waals surface area (Å²) in [5, 5.41) is 0. The molecular weight excluding hydrogens is 349 g/mol. The Balaban J connectivity index is 6.19. The number of alkyl halides is 9. The molecule has 0 radical (unpaired) electrons. The number of esters is 1. The first-order valence-corrected chi connectivity index (χ1v) is 4.98. The van der Waals surface area contributed by atoms with Crippen LogP contribution in [-0.2, 0) is 9.53 Å². The van der Waals surface area contributed by atoms with Crippen molar-refractivity contribution in [2.24, 2.45) is 0 Å². The van der Waals surface area contributed by atoms with Gasteiger partial charge >= 0.3 is 29.9 Å². The van der Waals surface area contributed by atoms with E-state index in [0.29, 0.717) is 0 Å². The van der Waals surface area contributed by atoms with Crippen LogP contribution in [0.25, 0.3) is 0 Å². The second-order valence-electron chi connectivity index (χ2n) is 3.58. The number of ether oxygens (including phenoxy) is 1. The van der Waals surface area contributed by atoms with Gasteiger partial charge in [0.1, 0.15) is 0 Å². The topological polar surface area (TPSA) is 26.3 Å². The Morgan fingerprint density at radius 3 is 1.55 bits per heavy atom. The average molecular weight is 354 g/mol. The maximum Gasteiger partial charge on any atom is 0.460 e. The number of rotatable bonds is 5. The summed E-state index contributed by atoms with van der Waals surface area (Å²) < 4.78 is 140. The predicted molar refractivity (Wildman–Crippen MR) is 46.8 cm³/mol. The standard InChI is InChI=1S/C9H5F11O2/c1-2-22-5(21)3(4(10)11)6(12,13)7(14,15)8(16,17)9(18,19)20/h2H2,1H3. The van der Waals surface area contributed by atoms with E-state index >= 15 is 0 Å². The first-order valence-electron chi connectivity index (χ1n) is 4.98. The van der Waals surface area contributed by atoms with E-state index < -0.39 is 48.2 Å². The van der Waals surface area contributed by atoms with E-state index in [1.807, 2.05) is 0 Å². The van der Waals surface area contributed by atoms with E-state index in [-0.39, 0.29) is 0 Å².